The zero-order valence-electron chi connectivity index (χ0n) is 4.78. The lowest BCUT2D eigenvalue weighted by molar-refractivity contribution is 0.291. The molecule has 1 saturated heterocycles. The summed E-state index contributed by atoms with van der Waals surface area (Å²) < 4.78 is 0. The third-order valence-electron chi connectivity index (χ3n) is 1.34. The van der Waals surface area contributed by atoms with Crippen molar-refractivity contribution in [1.29, 1.82) is 0 Å². The van der Waals surface area contributed by atoms with Gasteiger partial charge in [0.2, 0.25) is 0 Å². The van der Waals surface area contributed by atoms with Crippen LogP contribution >= 0.6 is 0 Å². The maximum absolute atomic E-state index is 3.27. The van der Waals surface area contributed by atoms with E-state index in [4.69, 9.17) is 0 Å². The summed E-state index contributed by atoms with van der Waals surface area (Å²) in [6.45, 7) is 4.74. The lowest BCUT2D eigenvalue weighted by Crippen LogP contribution is -2.40. The van der Waals surface area contributed by atoms with Gasteiger partial charge >= 0.3 is 0 Å². The predicted octanol–water partition coefficient (Wildman–Crippen LogP) is 0.158. The summed E-state index contributed by atoms with van der Waals surface area (Å²) in [4.78, 5) is 2.33. The van der Waals surface area contributed by atoms with Crippen LogP contribution in [-0.4, -0.2) is 38.1 Å². The van der Waals surface area contributed by atoms with Crippen LogP contribution in [-0.2, 0) is 0 Å². The Morgan fingerprint density at radius 3 is 2.00 bits per heavy atom. The molecule has 1 heterocycles. The van der Waals surface area contributed by atoms with Crippen LogP contribution in [0, 0.1) is 0 Å². The first-order valence-corrected chi connectivity index (χ1v) is 2.79. The molecule has 0 amide bonds. The Balaban J connectivity index is 0.000000490. The van der Waals surface area contributed by atoms with E-state index >= 15 is 0 Å². The van der Waals surface area contributed by atoms with E-state index < -0.39 is 0 Å². The van der Waals surface area contributed by atoms with Gasteiger partial charge in [0.05, 0.1) is 0 Å². The van der Waals surface area contributed by atoms with Gasteiger partial charge in [0.1, 0.15) is 0 Å². The van der Waals surface area contributed by atoms with Gasteiger partial charge in [-0.25, -0.2) is 0 Å². The summed E-state index contributed by atoms with van der Waals surface area (Å²) in [5.74, 6) is 0. The lowest BCUT2D eigenvalue weighted by Gasteiger charge is -2.21. The molecule has 2 nitrogen and oxygen atoms in total. The van der Waals surface area contributed by atoms with E-state index in [0.29, 0.717) is 0 Å². The topological polar surface area (TPSA) is 15.3 Å². The fourth-order valence-electron chi connectivity index (χ4n) is 0.777. The molecule has 0 bridgehead atoms. The van der Waals surface area contributed by atoms with E-state index in [9.17, 15) is 0 Å². The van der Waals surface area contributed by atoms with Gasteiger partial charge in [-0.3, -0.25) is 0 Å². The third kappa shape index (κ3) is 2.28. The maximum atomic E-state index is 3.27. The van der Waals surface area contributed by atoms with Crippen molar-refractivity contribution in [1.82, 2.24) is 10.2 Å². The van der Waals surface area contributed by atoms with E-state index in [0.717, 1.165) is 13.1 Å². The molecule has 8 heavy (non-hydrogen) atoms. The highest BCUT2D eigenvalue weighted by molar-refractivity contribution is 4.62. The van der Waals surface area contributed by atoms with Crippen LogP contribution in [0.3, 0.4) is 0 Å². The predicted molar refractivity (Wildman–Crippen MR) is 37.1 cm³/mol. The van der Waals surface area contributed by atoms with Crippen LogP contribution in [0.25, 0.3) is 0 Å². The minimum absolute atomic E-state index is 0. The first-order chi connectivity index (χ1) is 3.39. The fraction of sp³-hybridized carbons (Fsp3) is 1.00. The van der Waals surface area contributed by atoms with Crippen molar-refractivity contribution in [3.05, 3.63) is 0 Å². The van der Waals surface area contributed by atoms with Crippen molar-refractivity contribution in [3.8, 4) is 0 Å². The first kappa shape index (κ1) is 7.92. The van der Waals surface area contributed by atoms with Crippen molar-refractivity contribution in [2.24, 2.45) is 0 Å². The van der Waals surface area contributed by atoms with Crippen LogP contribution in [0.5, 0.6) is 0 Å². The summed E-state index contributed by atoms with van der Waals surface area (Å²) >= 11 is 0. The molecule has 0 aromatic heterocycles. The largest absolute Gasteiger partial charge is 0.314 e. The molecule has 0 saturated carbocycles. The SMILES string of the molecule is C.CN1CC[15NH]C[13CH2]1. The van der Waals surface area contributed by atoms with Gasteiger partial charge in [0.15, 0.2) is 0 Å². The van der Waals surface area contributed by atoms with E-state index in [1.807, 2.05) is 0 Å². The molecule has 0 radical (unpaired) electrons. The summed E-state index contributed by atoms with van der Waals surface area (Å²) in [6.07, 6.45) is 0. The van der Waals surface area contributed by atoms with Gasteiger partial charge in [0, 0.05) is 26.2 Å². The number of hydrogen-bond donors (Lipinski definition) is 1. The van der Waals surface area contributed by atoms with Crippen molar-refractivity contribution >= 4 is 0 Å². The van der Waals surface area contributed by atoms with Gasteiger partial charge in [-0.05, 0) is 7.05 Å². The van der Waals surface area contributed by atoms with Gasteiger partial charge in [-0.1, -0.05) is 7.43 Å². The van der Waals surface area contributed by atoms with E-state index in [1.54, 1.807) is 0 Å². The summed E-state index contributed by atoms with van der Waals surface area (Å²) in [7, 11) is 2.15. The van der Waals surface area contributed by atoms with Crippen LogP contribution in [0.2, 0.25) is 0 Å². The molecule has 1 aliphatic rings. The fourth-order valence-corrected chi connectivity index (χ4v) is 0.777. The minimum Gasteiger partial charge on any atom is -0.314 e. The minimum atomic E-state index is 0. The number of hydrogen-bond acceptors (Lipinski definition) is 2. The lowest BCUT2D eigenvalue weighted by atomic mass is 10.6. The number of piperazine rings is 1. The Labute approximate surface area is 51.9 Å². The highest BCUT2D eigenvalue weighted by Crippen LogP contribution is 1.82. The van der Waals surface area contributed by atoms with Crippen LogP contribution in [0.1, 0.15) is 7.43 Å². The molecule has 1 N–H and O–H groups in total. The molecule has 1 fully saturated rings. The molecule has 50 valence electrons. The Morgan fingerprint density at radius 2 is 1.75 bits per heavy atom. The van der Waals surface area contributed by atoms with Gasteiger partial charge in [0.25, 0.3) is 0 Å². The van der Waals surface area contributed by atoms with Crippen LogP contribution in [0.15, 0.2) is 0 Å². The highest BCUT2D eigenvalue weighted by Gasteiger charge is 2.01. The zero-order chi connectivity index (χ0) is 5.11. The van der Waals surface area contributed by atoms with Gasteiger partial charge in [-0.2, -0.15) is 0 Å². The smallest absolute Gasteiger partial charge is 0.0104 e. The Kier molecular flexibility index (Phi) is 3.83. The molecule has 1 aliphatic heterocycles. The van der Waals surface area contributed by atoms with E-state index in [1.165, 1.54) is 13.1 Å². The second kappa shape index (κ2) is 3.87. The number of rotatable bonds is 0. The standard InChI is InChI=1S/C5H12N2.CH4/c1-7-4-2-6-3-5-7;/h6H,2-5H2,1H3;1H4/i4+1,6+1;. The Morgan fingerprint density at radius 1 is 1.25 bits per heavy atom. The maximum Gasteiger partial charge on any atom is 0.0104 e. The van der Waals surface area contributed by atoms with Crippen LogP contribution in [0.4, 0.5) is 0 Å². The van der Waals surface area contributed by atoms with Crippen molar-refractivity contribution < 1.29 is 0 Å². The molecule has 0 aromatic carbocycles. The molecule has 0 unspecified atom stereocenters. The monoisotopic (exact) mass is 118 g/mol. The average molecular weight is 118 g/mol. The number of nitrogens with zero attached hydrogens (tertiary/aromatic N) is 1. The van der Waals surface area contributed by atoms with Crippen LogP contribution < -0.4 is 5.32 Å². The molecular weight excluding hydrogens is 102 g/mol. The molecule has 0 atom stereocenters. The van der Waals surface area contributed by atoms with Crippen molar-refractivity contribution in [3.63, 3.8) is 0 Å². The molecule has 0 spiro atoms. The second-order valence-electron chi connectivity index (χ2n) is 2.05. The van der Waals surface area contributed by atoms with Crippen molar-refractivity contribution in [2.45, 2.75) is 7.43 Å². The number of likely N-dealkylation sites (N-methyl/N-ethyl adjacent to an activating group) is 1. The molecule has 0 aliphatic carbocycles. The number of nitrogens with one attached hydrogen (secondary N) is 1. The molecule has 1 rings (SSSR count). The Bertz CT molecular complexity index is 48.5. The zero-order valence-corrected chi connectivity index (χ0v) is 4.78. The molecule has 2 heteroatoms. The summed E-state index contributed by atoms with van der Waals surface area (Å²) in [6, 6.07) is 0. The summed E-state index contributed by atoms with van der Waals surface area (Å²) in [5, 5.41) is 3.27. The highest BCUT2D eigenvalue weighted by atomic mass is 15.7. The van der Waals surface area contributed by atoms with Gasteiger partial charge < -0.3 is 10.2 Å². The summed E-state index contributed by atoms with van der Waals surface area (Å²) in [5.41, 5.74) is 0. The first-order valence-electron chi connectivity index (χ1n) is 2.79. The average Bonchev–Trinajstić information content (AvgIpc) is 1.69. The molecule has 0 aromatic rings. The Hall–Kier alpha value is -0.0800. The molecular formula is C6H16N2. The van der Waals surface area contributed by atoms with E-state index in [-0.39, 0.29) is 7.43 Å². The van der Waals surface area contributed by atoms with Gasteiger partial charge in [-0.15, -0.1) is 0 Å². The quantitative estimate of drug-likeness (QED) is 0.360. The van der Waals surface area contributed by atoms with E-state index in [2.05, 4.69) is 17.3 Å². The normalized spacial score (nSPS) is 22.1. The third-order valence-corrected chi connectivity index (χ3v) is 1.34. The second-order valence-corrected chi connectivity index (χ2v) is 2.05. The van der Waals surface area contributed by atoms with Crippen molar-refractivity contribution in [2.75, 3.05) is 33.2 Å².